The molecule has 0 fully saturated rings. The van der Waals surface area contributed by atoms with Crippen molar-refractivity contribution >= 4 is 0 Å². The van der Waals surface area contributed by atoms with E-state index in [-0.39, 0.29) is 5.82 Å². The number of nitrogens with zero attached hydrogens (tertiary/aromatic N) is 2. The highest BCUT2D eigenvalue weighted by Crippen LogP contribution is 2.28. The smallest absolute Gasteiger partial charge is 0.333 e. The molecule has 4 nitrogen and oxygen atoms in total. The number of aromatic amines is 2. The standard InChI is InChI=1S/C7H5F3N4/c8-7(9,10)5-3-11-6(13-5)4-1-2-12-14-4/h1-3H,(H,11,13)(H,12,14). The van der Waals surface area contributed by atoms with Crippen LogP contribution in [0.25, 0.3) is 11.5 Å². The van der Waals surface area contributed by atoms with Crippen LogP contribution in [0.5, 0.6) is 0 Å². The van der Waals surface area contributed by atoms with Gasteiger partial charge in [-0.05, 0) is 6.07 Å². The van der Waals surface area contributed by atoms with Gasteiger partial charge in [-0.1, -0.05) is 0 Å². The van der Waals surface area contributed by atoms with Crippen LogP contribution in [0, 0.1) is 0 Å². The highest BCUT2D eigenvalue weighted by molar-refractivity contribution is 5.48. The Morgan fingerprint density at radius 3 is 2.57 bits per heavy atom. The largest absolute Gasteiger partial charge is 0.432 e. The molecule has 2 rings (SSSR count). The third-order valence-corrected chi connectivity index (χ3v) is 1.64. The number of H-pyrrole nitrogens is 2. The summed E-state index contributed by atoms with van der Waals surface area (Å²) in [6.07, 6.45) is -2.22. The van der Waals surface area contributed by atoms with Gasteiger partial charge in [-0.2, -0.15) is 18.3 Å². The molecule has 2 aromatic heterocycles. The van der Waals surface area contributed by atoms with Crippen molar-refractivity contribution in [2.24, 2.45) is 0 Å². The van der Waals surface area contributed by atoms with Crippen molar-refractivity contribution in [2.45, 2.75) is 6.18 Å². The molecule has 0 saturated heterocycles. The first-order valence-electron chi connectivity index (χ1n) is 3.69. The van der Waals surface area contributed by atoms with Crippen LogP contribution in [0.15, 0.2) is 18.5 Å². The number of hydrogen-bond donors (Lipinski definition) is 2. The lowest BCUT2D eigenvalue weighted by atomic mass is 10.4. The van der Waals surface area contributed by atoms with E-state index in [9.17, 15) is 13.2 Å². The second-order valence-corrected chi connectivity index (χ2v) is 2.61. The molecule has 0 radical (unpaired) electrons. The van der Waals surface area contributed by atoms with E-state index in [4.69, 9.17) is 0 Å². The summed E-state index contributed by atoms with van der Waals surface area (Å²) in [6, 6.07) is 1.53. The molecule has 0 aliphatic rings. The predicted octanol–water partition coefficient (Wildman–Crippen LogP) is 1.82. The molecule has 7 heteroatoms. The zero-order valence-electron chi connectivity index (χ0n) is 6.76. The number of aromatic nitrogens is 4. The Labute approximate surface area is 76.2 Å². The Kier molecular flexibility index (Phi) is 1.80. The van der Waals surface area contributed by atoms with Crippen LogP contribution in [-0.2, 0) is 6.18 Å². The summed E-state index contributed by atoms with van der Waals surface area (Å²) >= 11 is 0. The fourth-order valence-corrected chi connectivity index (χ4v) is 0.990. The lowest BCUT2D eigenvalue weighted by Crippen LogP contribution is -2.04. The minimum atomic E-state index is -4.40. The maximum atomic E-state index is 12.1. The number of alkyl halides is 3. The Morgan fingerprint density at radius 1 is 1.29 bits per heavy atom. The molecule has 2 heterocycles. The van der Waals surface area contributed by atoms with E-state index in [0.29, 0.717) is 5.69 Å². The fourth-order valence-electron chi connectivity index (χ4n) is 0.990. The molecule has 0 aliphatic carbocycles. The first-order valence-corrected chi connectivity index (χ1v) is 3.69. The van der Waals surface area contributed by atoms with Crippen LogP contribution in [-0.4, -0.2) is 20.2 Å². The minimum Gasteiger partial charge on any atom is -0.333 e. The van der Waals surface area contributed by atoms with Crippen molar-refractivity contribution in [1.82, 2.24) is 20.2 Å². The monoisotopic (exact) mass is 202 g/mol. The normalized spacial score (nSPS) is 11.9. The summed E-state index contributed by atoms with van der Waals surface area (Å²) in [5.74, 6) is 0.120. The quantitative estimate of drug-likeness (QED) is 0.740. The van der Waals surface area contributed by atoms with Crippen LogP contribution < -0.4 is 0 Å². The first kappa shape index (κ1) is 8.79. The van der Waals surface area contributed by atoms with Crippen LogP contribution in [0.2, 0.25) is 0 Å². The van der Waals surface area contributed by atoms with Gasteiger partial charge in [0.25, 0.3) is 0 Å². The molecule has 0 amide bonds. The molecule has 2 aromatic rings. The summed E-state index contributed by atoms with van der Waals surface area (Å²) in [5, 5.41) is 6.11. The van der Waals surface area contributed by atoms with E-state index >= 15 is 0 Å². The molecule has 0 aromatic carbocycles. The van der Waals surface area contributed by atoms with Crippen molar-refractivity contribution < 1.29 is 13.2 Å². The number of halogens is 3. The number of nitrogens with one attached hydrogen (secondary N) is 2. The van der Waals surface area contributed by atoms with Crippen LogP contribution in [0.3, 0.4) is 0 Å². The van der Waals surface area contributed by atoms with Crippen molar-refractivity contribution in [2.75, 3.05) is 0 Å². The summed E-state index contributed by atoms with van der Waals surface area (Å²) in [6.45, 7) is 0. The molecule has 0 spiro atoms. The Balaban J connectivity index is 2.36. The minimum absolute atomic E-state index is 0.120. The summed E-state index contributed by atoms with van der Waals surface area (Å²) in [5.41, 5.74) is -0.456. The first-order chi connectivity index (χ1) is 6.57. The van der Waals surface area contributed by atoms with Crippen LogP contribution in [0.1, 0.15) is 5.69 Å². The van der Waals surface area contributed by atoms with Gasteiger partial charge < -0.3 is 4.98 Å². The van der Waals surface area contributed by atoms with E-state index < -0.39 is 11.9 Å². The van der Waals surface area contributed by atoms with Crippen molar-refractivity contribution in [3.05, 3.63) is 24.2 Å². The fraction of sp³-hybridized carbons (Fsp3) is 0.143. The molecule has 0 aliphatic heterocycles. The topological polar surface area (TPSA) is 57.4 Å². The Morgan fingerprint density at radius 2 is 2.07 bits per heavy atom. The number of imidazole rings is 1. The Hall–Kier alpha value is -1.79. The second kappa shape index (κ2) is 2.86. The molecular weight excluding hydrogens is 197 g/mol. The van der Waals surface area contributed by atoms with E-state index in [2.05, 4.69) is 20.2 Å². The van der Waals surface area contributed by atoms with E-state index in [1.165, 1.54) is 12.3 Å². The average Bonchev–Trinajstić information content (AvgIpc) is 2.73. The molecule has 74 valence electrons. The SMILES string of the molecule is FC(F)(F)c1cnc(-c2ccn[nH]2)[nH]1. The third kappa shape index (κ3) is 1.48. The van der Waals surface area contributed by atoms with Crippen molar-refractivity contribution in [1.29, 1.82) is 0 Å². The number of rotatable bonds is 1. The highest BCUT2D eigenvalue weighted by Gasteiger charge is 2.33. The molecule has 2 N–H and O–H groups in total. The van der Waals surface area contributed by atoms with E-state index in [1.54, 1.807) is 0 Å². The summed E-state index contributed by atoms with van der Waals surface area (Å²) < 4.78 is 36.4. The molecule has 0 unspecified atom stereocenters. The third-order valence-electron chi connectivity index (χ3n) is 1.64. The predicted molar refractivity (Wildman–Crippen MR) is 41.2 cm³/mol. The Bertz CT molecular complexity index is 414. The zero-order valence-corrected chi connectivity index (χ0v) is 6.76. The van der Waals surface area contributed by atoms with Gasteiger partial charge in [0, 0.05) is 6.20 Å². The van der Waals surface area contributed by atoms with Gasteiger partial charge in [0.1, 0.15) is 11.4 Å². The molecule has 14 heavy (non-hydrogen) atoms. The van der Waals surface area contributed by atoms with Gasteiger partial charge in [0.05, 0.1) is 6.20 Å². The van der Waals surface area contributed by atoms with Gasteiger partial charge in [0.2, 0.25) is 0 Å². The van der Waals surface area contributed by atoms with Crippen LogP contribution >= 0.6 is 0 Å². The lowest BCUT2D eigenvalue weighted by Gasteiger charge is -2.00. The average molecular weight is 202 g/mol. The maximum absolute atomic E-state index is 12.1. The van der Waals surface area contributed by atoms with Gasteiger partial charge in [-0.25, -0.2) is 4.98 Å². The lowest BCUT2D eigenvalue weighted by molar-refractivity contribution is -0.140. The molecule has 0 saturated carbocycles. The maximum Gasteiger partial charge on any atom is 0.432 e. The van der Waals surface area contributed by atoms with E-state index in [0.717, 1.165) is 6.20 Å². The van der Waals surface area contributed by atoms with Gasteiger partial charge in [0.15, 0.2) is 5.82 Å². The zero-order chi connectivity index (χ0) is 10.2. The van der Waals surface area contributed by atoms with Crippen molar-refractivity contribution in [3.63, 3.8) is 0 Å². The molecule has 0 atom stereocenters. The highest BCUT2D eigenvalue weighted by atomic mass is 19.4. The van der Waals surface area contributed by atoms with Crippen molar-refractivity contribution in [3.8, 4) is 11.5 Å². The second-order valence-electron chi connectivity index (χ2n) is 2.61. The van der Waals surface area contributed by atoms with Gasteiger partial charge in [-0.3, -0.25) is 5.10 Å². The van der Waals surface area contributed by atoms with Gasteiger partial charge >= 0.3 is 6.18 Å². The van der Waals surface area contributed by atoms with Crippen LogP contribution in [0.4, 0.5) is 13.2 Å². The summed E-state index contributed by atoms with van der Waals surface area (Å²) in [7, 11) is 0. The molecular formula is C7H5F3N4. The molecule has 0 bridgehead atoms. The number of hydrogen-bond acceptors (Lipinski definition) is 2. The summed E-state index contributed by atoms with van der Waals surface area (Å²) in [4.78, 5) is 5.73. The van der Waals surface area contributed by atoms with E-state index in [1.807, 2.05) is 0 Å². The van der Waals surface area contributed by atoms with Gasteiger partial charge in [-0.15, -0.1) is 0 Å².